The van der Waals surface area contributed by atoms with Crippen molar-refractivity contribution in [2.75, 3.05) is 0 Å². The minimum Gasteiger partial charge on any atom is -0.481 e. The molecule has 0 aliphatic rings. The molecule has 96 valence electrons. The summed E-state index contributed by atoms with van der Waals surface area (Å²) < 4.78 is 0. The summed E-state index contributed by atoms with van der Waals surface area (Å²) in [6.07, 6.45) is -0.332. The quantitative estimate of drug-likeness (QED) is 0.478. The SMILES string of the molecule is O=C(O)C(Cc1ccc([N+](=O)[O-])cc1Cl)C(=O)O. The molecule has 1 rings (SSSR count). The molecule has 0 amide bonds. The number of halogens is 1. The number of hydrogen-bond acceptors (Lipinski definition) is 4. The van der Waals surface area contributed by atoms with Crippen LogP contribution >= 0.6 is 11.6 Å². The van der Waals surface area contributed by atoms with E-state index in [1.54, 1.807) is 0 Å². The Kier molecular flexibility index (Phi) is 4.22. The van der Waals surface area contributed by atoms with E-state index in [-0.39, 0.29) is 22.7 Å². The zero-order valence-corrected chi connectivity index (χ0v) is 9.63. The minimum atomic E-state index is -1.64. The van der Waals surface area contributed by atoms with Crippen molar-refractivity contribution in [2.24, 2.45) is 5.92 Å². The summed E-state index contributed by atoms with van der Waals surface area (Å²) in [6, 6.07) is 3.44. The van der Waals surface area contributed by atoms with Crippen LogP contribution in [0.5, 0.6) is 0 Å². The second-order valence-electron chi connectivity index (χ2n) is 3.47. The number of nitro benzene ring substituents is 1. The van der Waals surface area contributed by atoms with Crippen molar-refractivity contribution >= 4 is 29.2 Å². The molecule has 0 fully saturated rings. The molecule has 18 heavy (non-hydrogen) atoms. The number of hydrogen-bond donors (Lipinski definition) is 2. The van der Waals surface area contributed by atoms with Crippen LogP contribution < -0.4 is 0 Å². The molecular formula is C10H8ClNO6. The summed E-state index contributed by atoms with van der Waals surface area (Å²) in [7, 11) is 0. The van der Waals surface area contributed by atoms with Gasteiger partial charge in [-0.2, -0.15) is 0 Å². The lowest BCUT2D eigenvalue weighted by Gasteiger charge is -2.08. The fourth-order valence-corrected chi connectivity index (χ4v) is 1.57. The summed E-state index contributed by atoms with van der Waals surface area (Å²) in [5, 5.41) is 27.8. The van der Waals surface area contributed by atoms with Gasteiger partial charge in [0.25, 0.3) is 5.69 Å². The zero-order chi connectivity index (χ0) is 13.9. The van der Waals surface area contributed by atoms with Gasteiger partial charge in [-0.1, -0.05) is 17.7 Å². The minimum absolute atomic E-state index is 0.0308. The molecule has 8 heteroatoms. The fourth-order valence-electron chi connectivity index (χ4n) is 1.32. The van der Waals surface area contributed by atoms with E-state index in [1.165, 1.54) is 6.07 Å². The Morgan fingerprint density at radius 2 is 1.89 bits per heavy atom. The molecule has 0 radical (unpaired) electrons. The van der Waals surface area contributed by atoms with E-state index in [2.05, 4.69) is 0 Å². The average Bonchev–Trinajstić information content (AvgIpc) is 2.25. The number of benzene rings is 1. The maximum atomic E-state index is 10.7. The molecule has 1 aromatic rings. The third kappa shape index (κ3) is 3.17. The molecule has 7 nitrogen and oxygen atoms in total. The molecule has 1 aromatic carbocycles. The summed E-state index contributed by atoms with van der Waals surface area (Å²) in [4.78, 5) is 31.2. The van der Waals surface area contributed by atoms with E-state index >= 15 is 0 Å². The molecule has 0 heterocycles. The van der Waals surface area contributed by atoms with Crippen molar-refractivity contribution in [1.29, 1.82) is 0 Å². The van der Waals surface area contributed by atoms with Gasteiger partial charge in [-0.3, -0.25) is 19.7 Å². The van der Waals surface area contributed by atoms with Crippen LogP contribution in [0, 0.1) is 16.0 Å². The van der Waals surface area contributed by atoms with Gasteiger partial charge in [0.05, 0.1) is 9.95 Å². The lowest BCUT2D eigenvalue weighted by atomic mass is 9.99. The monoisotopic (exact) mass is 273 g/mol. The molecule has 0 bridgehead atoms. The van der Waals surface area contributed by atoms with E-state index < -0.39 is 22.8 Å². The molecule has 0 aliphatic heterocycles. The number of rotatable bonds is 5. The lowest BCUT2D eigenvalue weighted by Crippen LogP contribution is -2.25. The third-order valence-electron chi connectivity index (χ3n) is 2.27. The van der Waals surface area contributed by atoms with Gasteiger partial charge in [0.2, 0.25) is 0 Å². The first kappa shape index (κ1) is 13.9. The summed E-state index contributed by atoms with van der Waals surface area (Å²) in [6.45, 7) is 0. The Morgan fingerprint density at radius 3 is 2.28 bits per heavy atom. The van der Waals surface area contributed by atoms with Gasteiger partial charge in [-0.25, -0.2) is 0 Å². The van der Waals surface area contributed by atoms with Crippen molar-refractivity contribution in [3.8, 4) is 0 Å². The largest absolute Gasteiger partial charge is 0.481 e. The fraction of sp³-hybridized carbons (Fsp3) is 0.200. The topological polar surface area (TPSA) is 118 Å². The summed E-state index contributed by atoms with van der Waals surface area (Å²) in [5.41, 5.74) is -0.0111. The summed E-state index contributed by atoms with van der Waals surface area (Å²) in [5.74, 6) is -4.61. The van der Waals surface area contributed by atoms with Gasteiger partial charge in [0.15, 0.2) is 5.92 Å². The Labute approximate surface area is 106 Å². The van der Waals surface area contributed by atoms with Crippen LogP contribution in [-0.4, -0.2) is 27.1 Å². The highest BCUT2D eigenvalue weighted by molar-refractivity contribution is 6.31. The van der Waals surface area contributed by atoms with E-state index in [0.717, 1.165) is 12.1 Å². The zero-order valence-electron chi connectivity index (χ0n) is 8.87. The van der Waals surface area contributed by atoms with Gasteiger partial charge < -0.3 is 10.2 Å². The Hall–Kier alpha value is -2.15. The third-order valence-corrected chi connectivity index (χ3v) is 2.62. The second kappa shape index (κ2) is 5.46. The van der Waals surface area contributed by atoms with Gasteiger partial charge in [-0.15, -0.1) is 0 Å². The highest BCUT2D eigenvalue weighted by Gasteiger charge is 2.27. The molecule has 0 atom stereocenters. The molecule has 0 saturated carbocycles. The molecule has 0 unspecified atom stereocenters. The van der Waals surface area contributed by atoms with Gasteiger partial charge in [0.1, 0.15) is 0 Å². The molecule has 0 aliphatic carbocycles. The number of carboxylic acid groups (broad SMARTS) is 2. The number of aliphatic carboxylic acids is 2. The molecular weight excluding hydrogens is 266 g/mol. The first-order valence-electron chi connectivity index (χ1n) is 4.71. The maximum absolute atomic E-state index is 10.7. The van der Waals surface area contributed by atoms with Crippen LogP contribution in [0.25, 0.3) is 0 Å². The lowest BCUT2D eigenvalue weighted by molar-refractivity contribution is -0.384. The maximum Gasteiger partial charge on any atom is 0.318 e. The van der Waals surface area contributed by atoms with Gasteiger partial charge >= 0.3 is 11.9 Å². The standard InChI is InChI=1S/C10H8ClNO6/c11-8-4-6(12(17)18)2-1-5(8)3-7(9(13)14)10(15)16/h1-2,4,7H,3H2,(H,13,14)(H,15,16). The van der Waals surface area contributed by atoms with E-state index in [9.17, 15) is 19.7 Å². The van der Waals surface area contributed by atoms with Crippen LogP contribution in [0.15, 0.2) is 18.2 Å². The number of carbonyl (C=O) groups is 2. The average molecular weight is 274 g/mol. The molecule has 0 aromatic heterocycles. The van der Waals surface area contributed by atoms with E-state index in [1.807, 2.05) is 0 Å². The normalized spacial score (nSPS) is 10.3. The second-order valence-corrected chi connectivity index (χ2v) is 3.87. The van der Waals surface area contributed by atoms with Crippen LogP contribution in [0.2, 0.25) is 5.02 Å². The number of non-ortho nitro benzene ring substituents is 1. The van der Waals surface area contributed by atoms with Crippen molar-refractivity contribution < 1.29 is 24.7 Å². The number of carboxylic acids is 2. The summed E-state index contributed by atoms with van der Waals surface area (Å²) >= 11 is 5.74. The number of nitrogens with zero attached hydrogens (tertiary/aromatic N) is 1. The van der Waals surface area contributed by atoms with Crippen molar-refractivity contribution in [3.05, 3.63) is 38.9 Å². The van der Waals surface area contributed by atoms with Crippen LogP contribution in [-0.2, 0) is 16.0 Å². The highest BCUT2D eigenvalue weighted by atomic mass is 35.5. The Balaban J connectivity index is 3.01. The van der Waals surface area contributed by atoms with Gasteiger partial charge in [0, 0.05) is 12.1 Å². The predicted molar refractivity (Wildman–Crippen MR) is 60.6 cm³/mol. The predicted octanol–water partition coefficient (Wildman–Crippen LogP) is 1.58. The Morgan fingerprint density at radius 1 is 1.33 bits per heavy atom. The Bertz CT molecular complexity index is 501. The van der Waals surface area contributed by atoms with Crippen LogP contribution in [0.1, 0.15) is 5.56 Å². The van der Waals surface area contributed by atoms with Crippen molar-refractivity contribution in [2.45, 2.75) is 6.42 Å². The molecule has 0 saturated heterocycles. The highest BCUT2D eigenvalue weighted by Crippen LogP contribution is 2.24. The number of nitro groups is 1. The first-order chi connectivity index (χ1) is 8.32. The van der Waals surface area contributed by atoms with Gasteiger partial charge in [-0.05, 0) is 12.0 Å². The van der Waals surface area contributed by atoms with Crippen molar-refractivity contribution in [3.63, 3.8) is 0 Å². The van der Waals surface area contributed by atoms with Crippen LogP contribution in [0.3, 0.4) is 0 Å². The molecule has 2 N–H and O–H groups in total. The van der Waals surface area contributed by atoms with Crippen molar-refractivity contribution in [1.82, 2.24) is 0 Å². The smallest absolute Gasteiger partial charge is 0.318 e. The first-order valence-corrected chi connectivity index (χ1v) is 5.09. The molecule has 0 spiro atoms. The van der Waals surface area contributed by atoms with Crippen LogP contribution in [0.4, 0.5) is 5.69 Å². The van der Waals surface area contributed by atoms with E-state index in [4.69, 9.17) is 21.8 Å². The van der Waals surface area contributed by atoms with E-state index in [0.29, 0.717) is 0 Å².